The molecule has 8 heteroatoms. The molecule has 35 heavy (non-hydrogen) atoms. The number of carbonyl (C=O) groups is 1. The lowest BCUT2D eigenvalue weighted by Gasteiger charge is -2.21. The van der Waals surface area contributed by atoms with Crippen molar-refractivity contribution in [1.82, 2.24) is 19.3 Å². The maximum absolute atomic E-state index is 13.8. The SMILES string of the molecule is CC#CC(=O)N1CCCC1c1nc(-c2ccc(COc3cccc(F)c3F)cc2)c2cnccn12. The first kappa shape index (κ1) is 22.5. The van der Waals surface area contributed by atoms with E-state index in [9.17, 15) is 13.6 Å². The Balaban J connectivity index is 1.43. The summed E-state index contributed by atoms with van der Waals surface area (Å²) in [4.78, 5) is 23.5. The topological polar surface area (TPSA) is 59.7 Å². The molecule has 2 aromatic carbocycles. The van der Waals surface area contributed by atoms with Crippen LogP contribution in [0.2, 0.25) is 0 Å². The molecule has 2 aromatic heterocycles. The summed E-state index contributed by atoms with van der Waals surface area (Å²) in [6.45, 7) is 2.39. The zero-order valence-corrected chi connectivity index (χ0v) is 19.0. The smallest absolute Gasteiger partial charge is 0.299 e. The molecule has 0 aliphatic carbocycles. The Morgan fingerprint density at radius 2 is 2.03 bits per heavy atom. The van der Waals surface area contributed by atoms with E-state index in [0.717, 1.165) is 47.1 Å². The Morgan fingerprint density at radius 1 is 1.20 bits per heavy atom. The fraction of sp³-hybridized carbons (Fsp3) is 0.222. The highest BCUT2D eigenvalue weighted by molar-refractivity contribution is 5.94. The van der Waals surface area contributed by atoms with Crippen LogP contribution in [-0.2, 0) is 11.4 Å². The van der Waals surface area contributed by atoms with Crippen LogP contribution in [0.4, 0.5) is 8.78 Å². The van der Waals surface area contributed by atoms with Crippen LogP contribution in [0.25, 0.3) is 16.8 Å². The van der Waals surface area contributed by atoms with E-state index in [1.807, 2.05) is 34.9 Å². The van der Waals surface area contributed by atoms with Crippen LogP contribution < -0.4 is 4.74 Å². The number of hydrogen-bond donors (Lipinski definition) is 0. The first-order chi connectivity index (χ1) is 17.1. The van der Waals surface area contributed by atoms with E-state index in [2.05, 4.69) is 16.8 Å². The van der Waals surface area contributed by atoms with E-state index in [1.54, 1.807) is 24.2 Å². The molecule has 1 atom stereocenters. The highest BCUT2D eigenvalue weighted by Crippen LogP contribution is 2.35. The number of aromatic nitrogens is 3. The molecule has 4 aromatic rings. The van der Waals surface area contributed by atoms with Gasteiger partial charge in [0.2, 0.25) is 5.82 Å². The third-order valence-corrected chi connectivity index (χ3v) is 6.06. The van der Waals surface area contributed by atoms with Crippen molar-refractivity contribution in [2.75, 3.05) is 6.54 Å². The van der Waals surface area contributed by atoms with Crippen LogP contribution in [0.15, 0.2) is 61.1 Å². The summed E-state index contributed by atoms with van der Waals surface area (Å²) in [7, 11) is 0. The van der Waals surface area contributed by atoms with Crippen LogP contribution in [0, 0.1) is 23.5 Å². The molecule has 1 aliphatic heterocycles. The number of fused-ring (bicyclic) bond motifs is 1. The van der Waals surface area contributed by atoms with Crippen molar-refractivity contribution in [3.63, 3.8) is 0 Å². The molecule has 5 rings (SSSR count). The third kappa shape index (κ3) is 4.33. The van der Waals surface area contributed by atoms with Gasteiger partial charge in [0.25, 0.3) is 5.91 Å². The second-order valence-electron chi connectivity index (χ2n) is 8.22. The van der Waals surface area contributed by atoms with Gasteiger partial charge in [0.05, 0.1) is 23.4 Å². The number of imidazole rings is 1. The van der Waals surface area contributed by atoms with E-state index in [-0.39, 0.29) is 24.3 Å². The van der Waals surface area contributed by atoms with Gasteiger partial charge >= 0.3 is 0 Å². The van der Waals surface area contributed by atoms with Crippen LogP contribution in [0.5, 0.6) is 5.75 Å². The predicted molar refractivity (Wildman–Crippen MR) is 126 cm³/mol. The van der Waals surface area contributed by atoms with E-state index in [0.29, 0.717) is 6.54 Å². The molecular weight excluding hydrogens is 450 g/mol. The molecule has 1 aliphatic rings. The summed E-state index contributed by atoms with van der Waals surface area (Å²) in [5.41, 5.74) is 3.24. The number of halogens is 2. The van der Waals surface area contributed by atoms with E-state index in [4.69, 9.17) is 9.72 Å². The van der Waals surface area contributed by atoms with Gasteiger partial charge in [0, 0.05) is 24.5 Å². The average Bonchev–Trinajstić information content (AvgIpc) is 3.51. The maximum atomic E-state index is 13.8. The minimum absolute atomic E-state index is 0.0923. The van der Waals surface area contributed by atoms with Crippen LogP contribution >= 0.6 is 0 Å². The lowest BCUT2D eigenvalue weighted by atomic mass is 10.1. The molecule has 0 radical (unpaired) electrons. The number of hydrogen-bond acceptors (Lipinski definition) is 4. The summed E-state index contributed by atoms with van der Waals surface area (Å²) < 4.78 is 34.7. The van der Waals surface area contributed by atoms with Crippen molar-refractivity contribution in [1.29, 1.82) is 0 Å². The van der Waals surface area contributed by atoms with Gasteiger partial charge in [-0.25, -0.2) is 9.37 Å². The fourth-order valence-electron chi connectivity index (χ4n) is 4.38. The molecular formula is C27H22F2N4O2. The van der Waals surface area contributed by atoms with Gasteiger partial charge in [0.1, 0.15) is 12.4 Å². The summed E-state index contributed by atoms with van der Waals surface area (Å²) in [6, 6.07) is 11.2. The summed E-state index contributed by atoms with van der Waals surface area (Å²) in [5, 5.41) is 0. The van der Waals surface area contributed by atoms with Gasteiger partial charge in [-0.3, -0.25) is 14.2 Å². The molecule has 1 unspecified atom stereocenters. The quantitative estimate of drug-likeness (QED) is 0.386. The summed E-state index contributed by atoms with van der Waals surface area (Å²) in [5.74, 6) is 3.83. The van der Waals surface area contributed by atoms with Gasteiger partial charge in [-0.15, -0.1) is 0 Å². The number of ether oxygens (including phenoxy) is 1. The highest BCUT2D eigenvalue weighted by atomic mass is 19.2. The van der Waals surface area contributed by atoms with Crippen molar-refractivity contribution < 1.29 is 18.3 Å². The average molecular weight is 472 g/mol. The molecule has 0 saturated carbocycles. The molecule has 1 amide bonds. The Bertz CT molecular complexity index is 1450. The number of rotatable bonds is 5. The van der Waals surface area contributed by atoms with Crippen LogP contribution in [0.3, 0.4) is 0 Å². The van der Waals surface area contributed by atoms with Gasteiger partial charge in [-0.05, 0) is 43.4 Å². The van der Waals surface area contributed by atoms with E-state index in [1.165, 1.54) is 12.1 Å². The van der Waals surface area contributed by atoms with Gasteiger partial charge < -0.3 is 9.64 Å². The van der Waals surface area contributed by atoms with E-state index >= 15 is 0 Å². The molecule has 0 bridgehead atoms. The van der Waals surface area contributed by atoms with Crippen molar-refractivity contribution in [3.8, 4) is 28.8 Å². The number of amides is 1. The van der Waals surface area contributed by atoms with Gasteiger partial charge in [0.15, 0.2) is 11.6 Å². The normalized spacial score (nSPS) is 15.2. The fourth-order valence-corrected chi connectivity index (χ4v) is 4.38. The Labute approximate surface area is 201 Å². The van der Waals surface area contributed by atoms with Crippen molar-refractivity contribution in [2.45, 2.75) is 32.4 Å². The number of benzene rings is 2. The minimum Gasteiger partial charge on any atom is -0.486 e. The van der Waals surface area contributed by atoms with Crippen molar-refractivity contribution in [2.24, 2.45) is 0 Å². The molecule has 6 nitrogen and oxygen atoms in total. The number of carbonyl (C=O) groups excluding carboxylic acids is 1. The monoisotopic (exact) mass is 472 g/mol. The second kappa shape index (κ2) is 9.55. The van der Waals surface area contributed by atoms with E-state index < -0.39 is 11.6 Å². The summed E-state index contributed by atoms with van der Waals surface area (Å²) >= 11 is 0. The lowest BCUT2D eigenvalue weighted by molar-refractivity contribution is -0.126. The molecule has 0 N–H and O–H groups in total. The molecule has 3 heterocycles. The molecule has 1 fully saturated rings. The van der Waals surface area contributed by atoms with Gasteiger partial charge in [-0.1, -0.05) is 36.3 Å². The minimum atomic E-state index is -1.00. The molecule has 1 saturated heterocycles. The molecule has 0 spiro atoms. The van der Waals surface area contributed by atoms with Crippen LogP contribution in [0.1, 0.15) is 37.2 Å². The highest BCUT2D eigenvalue weighted by Gasteiger charge is 2.33. The van der Waals surface area contributed by atoms with Crippen LogP contribution in [-0.4, -0.2) is 31.7 Å². The van der Waals surface area contributed by atoms with Crippen molar-refractivity contribution in [3.05, 3.63) is 84.1 Å². The number of likely N-dealkylation sites (tertiary alicyclic amines) is 1. The third-order valence-electron chi connectivity index (χ3n) is 6.06. The van der Waals surface area contributed by atoms with Gasteiger partial charge in [-0.2, -0.15) is 4.39 Å². The first-order valence-electron chi connectivity index (χ1n) is 11.3. The Kier molecular flexibility index (Phi) is 6.15. The lowest BCUT2D eigenvalue weighted by Crippen LogP contribution is -2.30. The second-order valence-corrected chi connectivity index (χ2v) is 8.22. The standard InChI is InChI=1S/C27H22F2N4O2/c1-2-5-24(34)32-14-4-7-21(32)27-31-26(22-16-30-13-15-33(22)27)19-11-9-18(10-12-19)17-35-23-8-3-6-20(28)25(23)29/h3,6,8-13,15-16,21H,4,7,14,17H2,1H3. The maximum Gasteiger partial charge on any atom is 0.299 e. The Hall–Kier alpha value is -4.25. The predicted octanol–water partition coefficient (Wildman–Crippen LogP) is 4.94. The zero-order chi connectivity index (χ0) is 24.4. The number of nitrogens with zero attached hydrogens (tertiary/aromatic N) is 4. The molecule has 176 valence electrons. The largest absolute Gasteiger partial charge is 0.486 e. The Morgan fingerprint density at radius 3 is 2.83 bits per heavy atom. The van der Waals surface area contributed by atoms with Crippen molar-refractivity contribution >= 4 is 11.4 Å². The zero-order valence-electron chi connectivity index (χ0n) is 19.0. The first-order valence-corrected chi connectivity index (χ1v) is 11.3. The summed E-state index contributed by atoms with van der Waals surface area (Å²) in [6.07, 6.45) is 7.00.